The van der Waals surface area contributed by atoms with Gasteiger partial charge in [-0.1, -0.05) is 37.4 Å². The van der Waals surface area contributed by atoms with Crippen LogP contribution in [-0.4, -0.2) is 25.3 Å². The third-order valence-corrected chi connectivity index (χ3v) is 6.36. The number of hydrogen-bond donors (Lipinski definition) is 1. The maximum Gasteiger partial charge on any atom is 0.246 e. The zero-order chi connectivity index (χ0) is 14.8. The molecule has 1 fully saturated rings. The average molecular weight is 317 g/mol. The van der Waals surface area contributed by atoms with E-state index in [1.54, 1.807) is 22.5 Å². The van der Waals surface area contributed by atoms with Crippen LogP contribution in [0.5, 0.6) is 0 Å². The molecule has 0 aromatic heterocycles. The van der Waals surface area contributed by atoms with E-state index in [1.165, 1.54) is 0 Å². The van der Waals surface area contributed by atoms with Crippen LogP contribution in [0, 0.1) is 0 Å². The predicted octanol–water partition coefficient (Wildman–Crippen LogP) is 3.27. The molecule has 4 nitrogen and oxygen atoms in total. The van der Waals surface area contributed by atoms with Crippen molar-refractivity contribution in [2.24, 2.45) is 0 Å². The van der Waals surface area contributed by atoms with E-state index >= 15 is 0 Å². The molecule has 2 rings (SSSR count). The number of rotatable bonds is 3. The third kappa shape index (κ3) is 2.95. The Hall–Kier alpha value is -0.780. The fourth-order valence-corrected chi connectivity index (χ4v) is 5.20. The molecule has 0 spiro atoms. The number of nitrogens with two attached hydrogens (primary N) is 1. The summed E-state index contributed by atoms with van der Waals surface area (Å²) in [5, 5.41) is 0.198. The van der Waals surface area contributed by atoms with Crippen LogP contribution in [0.15, 0.2) is 23.1 Å². The van der Waals surface area contributed by atoms with Gasteiger partial charge in [-0.2, -0.15) is 4.31 Å². The molecular formula is C14H21ClN2O2S. The summed E-state index contributed by atoms with van der Waals surface area (Å²) in [7, 11) is -3.63. The minimum absolute atomic E-state index is 0.0400. The lowest BCUT2D eigenvalue weighted by Gasteiger charge is -2.29. The molecule has 112 valence electrons. The van der Waals surface area contributed by atoms with Gasteiger partial charge < -0.3 is 5.73 Å². The van der Waals surface area contributed by atoms with Crippen LogP contribution in [0.2, 0.25) is 5.02 Å². The molecule has 0 radical (unpaired) electrons. The molecule has 1 aliphatic heterocycles. The molecule has 2 N–H and O–H groups in total. The number of sulfonamides is 1. The molecule has 6 heteroatoms. The maximum atomic E-state index is 12.9. The highest BCUT2D eigenvalue weighted by Gasteiger charge is 2.34. The van der Waals surface area contributed by atoms with Crippen LogP contribution in [0.3, 0.4) is 0 Å². The maximum absolute atomic E-state index is 12.9. The molecule has 1 saturated heterocycles. The van der Waals surface area contributed by atoms with Crippen molar-refractivity contribution in [1.82, 2.24) is 4.31 Å². The number of nitrogens with zero attached hydrogens (tertiary/aromatic N) is 1. The van der Waals surface area contributed by atoms with Gasteiger partial charge in [0.1, 0.15) is 4.90 Å². The Morgan fingerprint density at radius 3 is 2.75 bits per heavy atom. The monoisotopic (exact) mass is 316 g/mol. The van der Waals surface area contributed by atoms with Crippen molar-refractivity contribution in [3.63, 3.8) is 0 Å². The summed E-state index contributed by atoms with van der Waals surface area (Å²) in [5.74, 6) is 0. The highest BCUT2D eigenvalue weighted by molar-refractivity contribution is 7.89. The van der Waals surface area contributed by atoms with Gasteiger partial charge in [0, 0.05) is 12.6 Å². The summed E-state index contributed by atoms with van der Waals surface area (Å²) >= 11 is 6.08. The zero-order valence-electron chi connectivity index (χ0n) is 11.7. The molecule has 0 saturated carbocycles. The van der Waals surface area contributed by atoms with E-state index in [0.29, 0.717) is 6.54 Å². The Morgan fingerprint density at radius 1 is 1.35 bits per heavy atom. The topological polar surface area (TPSA) is 63.4 Å². The fourth-order valence-electron chi connectivity index (χ4n) is 2.79. The smallest absolute Gasteiger partial charge is 0.246 e. The third-order valence-electron chi connectivity index (χ3n) is 3.86. The van der Waals surface area contributed by atoms with E-state index in [0.717, 1.165) is 32.1 Å². The van der Waals surface area contributed by atoms with Crippen LogP contribution in [0.25, 0.3) is 0 Å². The lowest BCUT2D eigenvalue weighted by atomic mass is 10.1. The quantitative estimate of drug-likeness (QED) is 0.870. The highest BCUT2D eigenvalue weighted by atomic mass is 35.5. The Morgan fingerprint density at radius 2 is 2.10 bits per heavy atom. The zero-order valence-corrected chi connectivity index (χ0v) is 13.3. The Kier molecular flexibility index (Phi) is 4.94. The second-order valence-corrected chi connectivity index (χ2v) is 7.42. The first-order valence-corrected chi connectivity index (χ1v) is 8.86. The van der Waals surface area contributed by atoms with E-state index in [2.05, 4.69) is 0 Å². The largest absolute Gasteiger partial charge is 0.398 e. The van der Waals surface area contributed by atoms with E-state index in [9.17, 15) is 8.42 Å². The van der Waals surface area contributed by atoms with Crippen LogP contribution in [0.1, 0.15) is 39.0 Å². The van der Waals surface area contributed by atoms with Gasteiger partial charge in [-0.15, -0.1) is 0 Å². The number of anilines is 1. The molecular weight excluding hydrogens is 296 g/mol. The van der Waals surface area contributed by atoms with Crippen molar-refractivity contribution in [3.05, 3.63) is 23.2 Å². The molecule has 0 bridgehead atoms. The van der Waals surface area contributed by atoms with Gasteiger partial charge >= 0.3 is 0 Å². The van der Waals surface area contributed by atoms with E-state index in [1.807, 2.05) is 6.92 Å². The molecule has 1 aromatic rings. The lowest BCUT2D eigenvalue weighted by Crippen LogP contribution is -2.40. The number of benzene rings is 1. The Balaban J connectivity index is 2.47. The first-order valence-electron chi connectivity index (χ1n) is 7.04. The van der Waals surface area contributed by atoms with Gasteiger partial charge in [0.2, 0.25) is 10.0 Å². The van der Waals surface area contributed by atoms with Crippen molar-refractivity contribution in [2.75, 3.05) is 12.3 Å². The summed E-state index contributed by atoms with van der Waals surface area (Å²) in [5.41, 5.74) is 6.07. The van der Waals surface area contributed by atoms with Crippen molar-refractivity contribution in [1.29, 1.82) is 0 Å². The minimum Gasteiger partial charge on any atom is -0.398 e. The molecule has 1 unspecified atom stereocenters. The van der Waals surface area contributed by atoms with Crippen molar-refractivity contribution >= 4 is 27.3 Å². The van der Waals surface area contributed by atoms with Crippen LogP contribution < -0.4 is 5.73 Å². The number of hydrogen-bond acceptors (Lipinski definition) is 3. The molecule has 0 amide bonds. The van der Waals surface area contributed by atoms with Gasteiger partial charge in [-0.05, 0) is 31.4 Å². The number of halogens is 1. The molecule has 0 aliphatic carbocycles. The van der Waals surface area contributed by atoms with E-state index in [-0.39, 0.29) is 21.6 Å². The van der Waals surface area contributed by atoms with Crippen molar-refractivity contribution < 1.29 is 8.42 Å². The molecule has 1 aromatic carbocycles. The SMILES string of the molecule is CCC1CCCCCN1S(=O)(=O)c1c(N)cccc1Cl. The van der Waals surface area contributed by atoms with Gasteiger partial charge in [0.15, 0.2) is 0 Å². The van der Waals surface area contributed by atoms with Crippen LogP contribution in [0.4, 0.5) is 5.69 Å². The summed E-state index contributed by atoms with van der Waals surface area (Å²) in [4.78, 5) is 0.0574. The second-order valence-electron chi connectivity index (χ2n) is 5.19. The Bertz CT molecular complexity index is 554. The van der Waals surface area contributed by atoms with Crippen molar-refractivity contribution in [2.45, 2.75) is 50.0 Å². The predicted molar refractivity (Wildman–Crippen MR) is 82.3 cm³/mol. The van der Waals surface area contributed by atoms with Gasteiger partial charge in [-0.3, -0.25) is 0 Å². The van der Waals surface area contributed by atoms with Gasteiger partial charge in [0.25, 0.3) is 0 Å². The van der Waals surface area contributed by atoms with Crippen molar-refractivity contribution in [3.8, 4) is 0 Å². The fraction of sp³-hybridized carbons (Fsp3) is 0.571. The van der Waals surface area contributed by atoms with E-state index in [4.69, 9.17) is 17.3 Å². The lowest BCUT2D eigenvalue weighted by molar-refractivity contribution is 0.315. The molecule has 1 aliphatic rings. The minimum atomic E-state index is -3.63. The van der Waals surface area contributed by atoms with Crippen LogP contribution in [-0.2, 0) is 10.0 Å². The summed E-state index contributed by atoms with van der Waals surface area (Å²) in [6.07, 6.45) is 4.74. The molecule has 1 atom stereocenters. The molecule has 1 heterocycles. The first kappa shape index (κ1) is 15.6. The summed E-state index contributed by atoms with van der Waals surface area (Å²) < 4.78 is 27.4. The summed E-state index contributed by atoms with van der Waals surface area (Å²) in [6.45, 7) is 2.57. The van der Waals surface area contributed by atoms with Crippen LogP contribution >= 0.6 is 11.6 Å². The summed E-state index contributed by atoms with van der Waals surface area (Å²) in [6, 6.07) is 4.86. The number of nitrogen functional groups attached to an aromatic ring is 1. The second kappa shape index (κ2) is 6.33. The molecule has 20 heavy (non-hydrogen) atoms. The highest BCUT2D eigenvalue weighted by Crippen LogP contribution is 2.33. The van der Waals surface area contributed by atoms with Gasteiger partial charge in [-0.25, -0.2) is 8.42 Å². The first-order chi connectivity index (χ1) is 9.48. The average Bonchev–Trinajstić information content (AvgIpc) is 2.63. The van der Waals surface area contributed by atoms with Gasteiger partial charge in [0.05, 0.1) is 10.7 Å². The standard InChI is InChI=1S/C14H21ClN2O2S/c1-2-11-7-4-3-5-10-17(11)20(18,19)14-12(15)8-6-9-13(14)16/h6,8-9,11H,2-5,7,10,16H2,1H3. The normalized spacial score (nSPS) is 21.6. The Labute approximate surface area is 126 Å². The van der Waals surface area contributed by atoms with E-state index < -0.39 is 10.0 Å².